The summed E-state index contributed by atoms with van der Waals surface area (Å²) in [5, 5.41) is 20.2. The fourth-order valence-corrected chi connectivity index (χ4v) is 2.60. The molecule has 1 aromatic heterocycles. The number of aliphatic hydroxyl groups is 2. The number of halogens is 1. The lowest BCUT2D eigenvalue weighted by Gasteiger charge is -2.17. The SMILES string of the molecule is CCCOC[C@H]1O[C@@H](n2cc(/C=C/Br)c(=O)[nH]c2=O)[C@@H](O)[C@@H]1O. The number of H-pyrrole nitrogens is 1. The lowest BCUT2D eigenvalue weighted by Crippen LogP contribution is -2.38. The van der Waals surface area contributed by atoms with Crippen molar-refractivity contribution < 1.29 is 19.7 Å². The fourth-order valence-electron chi connectivity index (χ4n) is 2.32. The second kappa shape index (κ2) is 8.02. The van der Waals surface area contributed by atoms with Gasteiger partial charge in [0.2, 0.25) is 0 Å². The van der Waals surface area contributed by atoms with Crippen molar-refractivity contribution in [1.82, 2.24) is 9.55 Å². The van der Waals surface area contributed by atoms with E-state index in [2.05, 4.69) is 20.9 Å². The Labute approximate surface area is 140 Å². The smallest absolute Gasteiger partial charge is 0.330 e. The number of nitrogens with one attached hydrogen (secondary N) is 1. The van der Waals surface area contributed by atoms with Gasteiger partial charge in [0.05, 0.1) is 12.2 Å². The highest BCUT2D eigenvalue weighted by atomic mass is 79.9. The van der Waals surface area contributed by atoms with Gasteiger partial charge in [-0.3, -0.25) is 14.3 Å². The molecule has 1 aliphatic heterocycles. The highest BCUT2D eigenvalue weighted by Crippen LogP contribution is 2.28. The molecule has 0 aromatic carbocycles. The summed E-state index contributed by atoms with van der Waals surface area (Å²) in [6.45, 7) is 2.56. The van der Waals surface area contributed by atoms with Crippen molar-refractivity contribution in [3.63, 3.8) is 0 Å². The molecule has 8 nitrogen and oxygen atoms in total. The Balaban J connectivity index is 2.26. The molecule has 0 saturated carbocycles. The first kappa shape index (κ1) is 18.1. The molecule has 3 N–H and O–H groups in total. The van der Waals surface area contributed by atoms with Crippen LogP contribution in [0.4, 0.5) is 0 Å². The molecule has 1 aliphatic rings. The van der Waals surface area contributed by atoms with Crippen LogP contribution in [-0.2, 0) is 9.47 Å². The third kappa shape index (κ3) is 3.99. The van der Waals surface area contributed by atoms with Crippen LogP contribution in [0.3, 0.4) is 0 Å². The van der Waals surface area contributed by atoms with Crippen LogP contribution in [0.25, 0.3) is 6.08 Å². The Morgan fingerprint density at radius 3 is 2.83 bits per heavy atom. The van der Waals surface area contributed by atoms with Crippen LogP contribution in [0.2, 0.25) is 0 Å². The molecule has 1 fully saturated rings. The zero-order valence-electron chi connectivity index (χ0n) is 12.5. The summed E-state index contributed by atoms with van der Waals surface area (Å²) in [6.07, 6.45) is -0.817. The molecule has 0 aliphatic carbocycles. The number of ether oxygens (including phenoxy) is 2. The van der Waals surface area contributed by atoms with E-state index < -0.39 is 35.8 Å². The van der Waals surface area contributed by atoms with E-state index in [9.17, 15) is 19.8 Å². The van der Waals surface area contributed by atoms with E-state index in [1.54, 1.807) is 0 Å². The second-order valence-corrected chi connectivity index (χ2v) is 5.69. The van der Waals surface area contributed by atoms with Gasteiger partial charge < -0.3 is 19.7 Å². The molecule has 0 amide bonds. The third-order valence-corrected chi connectivity index (χ3v) is 3.74. The van der Waals surface area contributed by atoms with Gasteiger partial charge in [0.15, 0.2) is 6.23 Å². The summed E-state index contributed by atoms with van der Waals surface area (Å²) in [5.74, 6) is 0. The molecule has 4 atom stereocenters. The number of aromatic nitrogens is 2. The maximum absolute atomic E-state index is 12.0. The van der Waals surface area contributed by atoms with Gasteiger partial charge in [-0.1, -0.05) is 22.9 Å². The minimum atomic E-state index is -1.31. The molecule has 2 rings (SSSR count). The molecule has 9 heteroatoms. The topological polar surface area (TPSA) is 114 Å². The van der Waals surface area contributed by atoms with Crippen molar-refractivity contribution in [3.8, 4) is 0 Å². The molecule has 0 radical (unpaired) electrons. The van der Waals surface area contributed by atoms with Crippen LogP contribution >= 0.6 is 15.9 Å². The quantitative estimate of drug-likeness (QED) is 0.586. The van der Waals surface area contributed by atoms with Gasteiger partial charge in [0.25, 0.3) is 5.56 Å². The zero-order chi connectivity index (χ0) is 17.0. The summed E-state index contributed by atoms with van der Waals surface area (Å²) in [4.78, 5) is 27.3. The predicted octanol–water partition coefficient (Wildman–Crippen LogP) is -0.0520. The second-order valence-electron chi connectivity index (χ2n) is 5.16. The van der Waals surface area contributed by atoms with Crippen molar-refractivity contribution in [2.24, 2.45) is 0 Å². The Bertz CT molecular complexity index is 670. The van der Waals surface area contributed by atoms with Gasteiger partial charge in [-0.05, 0) is 17.5 Å². The number of hydrogen-bond acceptors (Lipinski definition) is 6. The van der Waals surface area contributed by atoms with Crippen LogP contribution in [0, 0.1) is 0 Å². The van der Waals surface area contributed by atoms with E-state index >= 15 is 0 Å². The molecular formula is C14H19BrN2O6. The van der Waals surface area contributed by atoms with Gasteiger partial charge in [0.1, 0.15) is 18.3 Å². The summed E-state index contributed by atoms with van der Waals surface area (Å²) >= 11 is 3.06. The Hall–Kier alpha value is -1.26. The number of aromatic amines is 1. The van der Waals surface area contributed by atoms with Gasteiger partial charge >= 0.3 is 5.69 Å². The van der Waals surface area contributed by atoms with Crippen molar-refractivity contribution in [1.29, 1.82) is 0 Å². The first-order valence-electron chi connectivity index (χ1n) is 7.21. The maximum Gasteiger partial charge on any atom is 0.330 e. The van der Waals surface area contributed by atoms with Crippen molar-refractivity contribution in [2.45, 2.75) is 37.9 Å². The molecular weight excluding hydrogens is 372 g/mol. The number of aliphatic hydroxyl groups excluding tert-OH is 2. The average molecular weight is 391 g/mol. The fraction of sp³-hybridized carbons (Fsp3) is 0.571. The minimum Gasteiger partial charge on any atom is -0.387 e. The normalized spacial score (nSPS) is 27.8. The van der Waals surface area contributed by atoms with E-state index in [-0.39, 0.29) is 12.2 Å². The summed E-state index contributed by atoms with van der Waals surface area (Å²) in [7, 11) is 0. The standard InChI is InChI=1S/C14H19BrN2O6/c1-2-5-22-7-9-10(18)11(19)13(23-9)17-6-8(3-4-15)12(20)16-14(17)21/h3-4,6,9-11,13,18-19H,2,5,7H2,1H3,(H,16,20,21)/b4-3+/t9-,10-,11+,13-/m1/s1. The molecule has 1 saturated heterocycles. The Morgan fingerprint density at radius 2 is 2.17 bits per heavy atom. The van der Waals surface area contributed by atoms with E-state index in [1.165, 1.54) is 17.3 Å². The molecule has 0 bridgehead atoms. The van der Waals surface area contributed by atoms with Crippen LogP contribution in [0.15, 0.2) is 20.8 Å². The van der Waals surface area contributed by atoms with E-state index in [4.69, 9.17) is 9.47 Å². The number of nitrogens with zero attached hydrogens (tertiary/aromatic N) is 1. The number of hydrogen-bond donors (Lipinski definition) is 3. The van der Waals surface area contributed by atoms with E-state index in [0.717, 1.165) is 11.0 Å². The summed E-state index contributed by atoms with van der Waals surface area (Å²) in [5.41, 5.74) is -1.08. The van der Waals surface area contributed by atoms with E-state index in [0.29, 0.717) is 6.61 Å². The Morgan fingerprint density at radius 1 is 1.43 bits per heavy atom. The molecule has 1 aromatic rings. The van der Waals surface area contributed by atoms with Gasteiger partial charge in [-0.25, -0.2) is 4.79 Å². The molecule has 23 heavy (non-hydrogen) atoms. The maximum atomic E-state index is 12.0. The molecule has 0 spiro atoms. The monoisotopic (exact) mass is 390 g/mol. The van der Waals surface area contributed by atoms with Crippen LogP contribution in [-0.4, -0.2) is 51.3 Å². The van der Waals surface area contributed by atoms with Gasteiger partial charge in [0, 0.05) is 12.8 Å². The van der Waals surface area contributed by atoms with Crippen LogP contribution in [0.1, 0.15) is 25.1 Å². The Kier molecular flexibility index (Phi) is 6.31. The lowest BCUT2D eigenvalue weighted by molar-refractivity contribution is -0.0682. The zero-order valence-corrected chi connectivity index (χ0v) is 14.1. The van der Waals surface area contributed by atoms with Crippen molar-refractivity contribution in [2.75, 3.05) is 13.2 Å². The lowest BCUT2D eigenvalue weighted by atomic mass is 10.1. The molecule has 0 unspecified atom stereocenters. The highest BCUT2D eigenvalue weighted by Gasteiger charge is 2.44. The van der Waals surface area contributed by atoms with Crippen molar-refractivity contribution in [3.05, 3.63) is 37.6 Å². The summed E-state index contributed by atoms with van der Waals surface area (Å²) < 4.78 is 11.9. The molecule has 2 heterocycles. The minimum absolute atomic E-state index is 0.106. The van der Waals surface area contributed by atoms with Crippen LogP contribution in [0.5, 0.6) is 0 Å². The van der Waals surface area contributed by atoms with E-state index in [1.807, 2.05) is 6.92 Å². The average Bonchev–Trinajstić information content (AvgIpc) is 2.79. The first-order valence-corrected chi connectivity index (χ1v) is 8.12. The highest BCUT2D eigenvalue weighted by molar-refractivity contribution is 9.11. The largest absolute Gasteiger partial charge is 0.387 e. The predicted molar refractivity (Wildman–Crippen MR) is 86.3 cm³/mol. The van der Waals surface area contributed by atoms with Crippen molar-refractivity contribution >= 4 is 22.0 Å². The van der Waals surface area contributed by atoms with Gasteiger partial charge in [-0.15, -0.1) is 0 Å². The first-order chi connectivity index (χ1) is 11.0. The van der Waals surface area contributed by atoms with Gasteiger partial charge in [-0.2, -0.15) is 0 Å². The third-order valence-electron chi connectivity index (χ3n) is 3.48. The molecule has 128 valence electrons. The van der Waals surface area contributed by atoms with Crippen LogP contribution < -0.4 is 11.2 Å². The summed E-state index contributed by atoms with van der Waals surface area (Å²) in [6, 6.07) is 0. The number of rotatable bonds is 6.